The summed E-state index contributed by atoms with van der Waals surface area (Å²) in [7, 11) is 0. The van der Waals surface area contributed by atoms with Gasteiger partial charge in [-0.05, 0) is 32.5 Å². The molecule has 1 heterocycles. The monoisotopic (exact) mass is 293 g/mol. The number of hydrogen-bond donors (Lipinski definition) is 1. The van der Waals surface area contributed by atoms with Gasteiger partial charge in [0, 0.05) is 6.54 Å². The minimum Gasteiger partial charge on any atom is -0.464 e. The van der Waals surface area contributed by atoms with Crippen molar-refractivity contribution >= 4 is 11.8 Å². The van der Waals surface area contributed by atoms with E-state index in [-0.39, 0.29) is 5.75 Å². The lowest BCUT2D eigenvalue weighted by Crippen LogP contribution is -2.38. The van der Waals surface area contributed by atoms with Crippen LogP contribution in [-0.4, -0.2) is 34.5 Å². The highest BCUT2D eigenvalue weighted by atomic mass is 32.2. The van der Waals surface area contributed by atoms with E-state index < -0.39 is 11.4 Å². The summed E-state index contributed by atoms with van der Waals surface area (Å²) in [6.45, 7) is 7.39. The van der Waals surface area contributed by atoms with E-state index >= 15 is 0 Å². The number of rotatable bonds is 8. The molecule has 0 amide bonds. The molecule has 0 aliphatic rings. The first-order chi connectivity index (χ1) is 8.80. The fourth-order valence-electron chi connectivity index (χ4n) is 1.78. The van der Waals surface area contributed by atoms with Gasteiger partial charge in [-0.2, -0.15) is 8.78 Å². The van der Waals surface area contributed by atoms with E-state index in [9.17, 15) is 13.9 Å². The molecule has 0 bridgehead atoms. The third kappa shape index (κ3) is 6.94. The number of likely N-dealkylation sites (N-methyl/N-ethyl adjacent to an activating group) is 1. The Hall–Kier alpha value is -0.590. The molecule has 0 atom stereocenters. The summed E-state index contributed by atoms with van der Waals surface area (Å²) >= 11 is 0.552. The molecule has 0 saturated heterocycles. The predicted molar refractivity (Wildman–Crippen MR) is 73.3 cm³/mol. The summed E-state index contributed by atoms with van der Waals surface area (Å²) < 4.78 is 29.6. The average Bonchev–Trinajstić information content (AvgIpc) is 2.71. The average molecular weight is 293 g/mol. The molecule has 6 heteroatoms. The van der Waals surface area contributed by atoms with Crippen molar-refractivity contribution in [1.82, 2.24) is 4.90 Å². The van der Waals surface area contributed by atoms with Gasteiger partial charge in [0.2, 0.25) is 0 Å². The van der Waals surface area contributed by atoms with Crippen molar-refractivity contribution < 1.29 is 18.3 Å². The SMILES string of the molecule is CCN(Cc1ccc(CSC(F)F)o1)CC(C)(C)O. The van der Waals surface area contributed by atoms with Crippen molar-refractivity contribution in [3.05, 3.63) is 23.7 Å². The van der Waals surface area contributed by atoms with Crippen molar-refractivity contribution in [2.45, 2.75) is 44.4 Å². The van der Waals surface area contributed by atoms with E-state index in [0.29, 0.717) is 30.6 Å². The van der Waals surface area contributed by atoms with Crippen LogP contribution >= 0.6 is 11.8 Å². The smallest absolute Gasteiger partial charge is 0.284 e. The van der Waals surface area contributed by atoms with Gasteiger partial charge in [0.05, 0.1) is 17.9 Å². The van der Waals surface area contributed by atoms with Crippen LogP contribution in [0.5, 0.6) is 0 Å². The van der Waals surface area contributed by atoms with Gasteiger partial charge in [-0.3, -0.25) is 4.90 Å². The number of nitrogens with zero attached hydrogens (tertiary/aromatic N) is 1. The zero-order valence-corrected chi connectivity index (χ0v) is 12.3. The Balaban J connectivity index is 2.51. The van der Waals surface area contributed by atoms with Crippen LogP contribution in [0.3, 0.4) is 0 Å². The predicted octanol–water partition coefficient (Wildman–Crippen LogP) is 3.33. The second-order valence-corrected chi connectivity index (χ2v) is 6.03. The van der Waals surface area contributed by atoms with Crippen molar-refractivity contribution in [3.63, 3.8) is 0 Å². The second kappa shape index (κ2) is 7.26. The molecule has 1 rings (SSSR count). The molecule has 0 aliphatic carbocycles. The van der Waals surface area contributed by atoms with Gasteiger partial charge in [0.1, 0.15) is 11.5 Å². The highest BCUT2D eigenvalue weighted by molar-refractivity contribution is 7.98. The molecule has 0 spiro atoms. The maximum Gasteiger partial charge on any atom is 0.284 e. The number of aliphatic hydroxyl groups is 1. The van der Waals surface area contributed by atoms with Crippen LogP contribution in [0.1, 0.15) is 32.3 Å². The molecule has 0 saturated carbocycles. The van der Waals surface area contributed by atoms with Crippen molar-refractivity contribution in [2.75, 3.05) is 13.1 Å². The molecule has 0 fully saturated rings. The second-order valence-electron chi connectivity index (χ2n) is 5.06. The third-order valence-corrected chi connectivity index (χ3v) is 3.21. The molecule has 19 heavy (non-hydrogen) atoms. The van der Waals surface area contributed by atoms with Crippen LogP contribution in [0, 0.1) is 0 Å². The minimum atomic E-state index is -2.38. The third-order valence-electron chi connectivity index (χ3n) is 2.51. The first-order valence-corrected chi connectivity index (χ1v) is 7.27. The number of alkyl halides is 2. The molecule has 0 radical (unpaired) electrons. The summed E-state index contributed by atoms with van der Waals surface area (Å²) in [5, 5.41) is 9.79. The summed E-state index contributed by atoms with van der Waals surface area (Å²) in [4.78, 5) is 2.04. The van der Waals surface area contributed by atoms with Gasteiger partial charge in [-0.25, -0.2) is 0 Å². The summed E-state index contributed by atoms with van der Waals surface area (Å²) in [6, 6.07) is 3.52. The highest BCUT2D eigenvalue weighted by Gasteiger charge is 2.18. The Kier molecular flexibility index (Phi) is 6.29. The molecular weight excluding hydrogens is 272 g/mol. The standard InChI is InChI=1S/C13H21F2NO2S/c1-4-16(9-13(2,3)17)7-10-5-6-11(18-10)8-19-12(14)15/h5-6,12,17H,4,7-9H2,1-3H3. The van der Waals surface area contributed by atoms with Gasteiger partial charge in [0.15, 0.2) is 0 Å². The Bertz CT molecular complexity index is 377. The van der Waals surface area contributed by atoms with Crippen LogP contribution < -0.4 is 0 Å². The van der Waals surface area contributed by atoms with Crippen LogP contribution in [0.2, 0.25) is 0 Å². The van der Waals surface area contributed by atoms with Gasteiger partial charge in [-0.15, -0.1) is 0 Å². The van der Waals surface area contributed by atoms with Gasteiger partial charge >= 0.3 is 0 Å². The molecule has 0 unspecified atom stereocenters. The van der Waals surface area contributed by atoms with Gasteiger partial charge < -0.3 is 9.52 Å². The molecule has 0 aliphatic heterocycles. The maximum absolute atomic E-state index is 12.1. The normalized spacial score (nSPS) is 12.6. The summed E-state index contributed by atoms with van der Waals surface area (Å²) in [5.41, 5.74) is -0.767. The summed E-state index contributed by atoms with van der Waals surface area (Å²) in [6.07, 6.45) is 0. The topological polar surface area (TPSA) is 36.6 Å². The van der Waals surface area contributed by atoms with Crippen LogP contribution in [0.15, 0.2) is 16.5 Å². The lowest BCUT2D eigenvalue weighted by molar-refractivity contribution is 0.0333. The van der Waals surface area contributed by atoms with Crippen LogP contribution in [0.25, 0.3) is 0 Å². The number of furan rings is 1. The Morgan fingerprint density at radius 3 is 2.53 bits per heavy atom. The Labute approximate surface area is 117 Å². The van der Waals surface area contributed by atoms with E-state index in [2.05, 4.69) is 0 Å². The fourth-order valence-corrected chi connectivity index (χ4v) is 2.22. The minimum absolute atomic E-state index is 0.176. The van der Waals surface area contributed by atoms with Gasteiger partial charge in [0.25, 0.3) is 5.76 Å². The molecule has 1 N–H and O–H groups in total. The van der Waals surface area contributed by atoms with Crippen molar-refractivity contribution in [1.29, 1.82) is 0 Å². The van der Waals surface area contributed by atoms with E-state index in [0.717, 1.165) is 12.3 Å². The number of halogens is 2. The van der Waals surface area contributed by atoms with E-state index in [1.54, 1.807) is 26.0 Å². The lowest BCUT2D eigenvalue weighted by Gasteiger charge is -2.27. The Morgan fingerprint density at radius 2 is 2.00 bits per heavy atom. The number of thioether (sulfide) groups is 1. The lowest BCUT2D eigenvalue weighted by atomic mass is 10.1. The zero-order valence-electron chi connectivity index (χ0n) is 11.5. The molecule has 3 nitrogen and oxygen atoms in total. The van der Waals surface area contributed by atoms with Crippen LogP contribution in [-0.2, 0) is 12.3 Å². The molecule has 1 aromatic heterocycles. The molecule has 0 aromatic carbocycles. The summed E-state index contributed by atoms with van der Waals surface area (Å²) in [5.74, 6) is -0.915. The van der Waals surface area contributed by atoms with Crippen molar-refractivity contribution in [2.24, 2.45) is 0 Å². The molecule has 1 aromatic rings. The van der Waals surface area contributed by atoms with E-state index in [1.165, 1.54) is 0 Å². The largest absolute Gasteiger partial charge is 0.464 e. The van der Waals surface area contributed by atoms with Crippen LogP contribution in [0.4, 0.5) is 8.78 Å². The fraction of sp³-hybridized carbons (Fsp3) is 0.692. The van der Waals surface area contributed by atoms with E-state index in [1.807, 2.05) is 11.8 Å². The number of hydrogen-bond acceptors (Lipinski definition) is 4. The molecule has 110 valence electrons. The quantitative estimate of drug-likeness (QED) is 0.797. The molecular formula is C13H21F2NO2S. The highest BCUT2D eigenvalue weighted by Crippen LogP contribution is 2.22. The Morgan fingerprint density at radius 1 is 1.37 bits per heavy atom. The zero-order chi connectivity index (χ0) is 14.5. The van der Waals surface area contributed by atoms with Gasteiger partial charge in [-0.1, -0.05) is 18.7 Å². The van der Waals surface area contributed by atoms with Crippen molar-refractivity contribution in [3.8, 4) is 0 Å². The maximum atomic E-state index is 12.1. The first-order valence-electron chi connectivity index (χ1n) is 6.22. The van der Waals surface area contributed by atoms with E-state index in [4.69, 9.17) is 4.42 Å². The first kappa shape index (κ1) is 16.5.